The van der Waals surface area contributed by atoms with E-state index in [0.717, 1.165) is 82.0 Å². The highest BCUT2D eigenvalue weighted by atomic mass is 19.4. The summed E-state index contributed by atoms with van der Waals surface area (Å²) in [5.41, 5.74) is 1.35. The molecule has 3 atom stereocenters. The number of esters is 1. The van der Waals surface area contributed by atoms with Crippen molar-refractivity contribution in [3.05, 3.63) is 65.7 Å². The van der Waals surface area contributed by atoms with Gasteiger partial charge in [-0.3, -0.25) is 9.69 Å². The summed E-state index contributed by atoms with van der Waals surface area (Å²) in [6, 6.07) is 16.4. The predicted octanol–water partition coefficient (Wildman–Crippen LogP) is 7.02. The van der Waals surface area contributed by atoms with Crippen molar-refractivity contribution < 1.29 is 27.4 Å². The van der Waals surface area contributed by atoms with Crippen molar-refractivity contribution in [3.63, 3.8) is 0 Å². The zero-order valence-electron chi connectivity index (χ0n) is 21.2. The lowest BCUT2D eigenvalue weighted by atomic mass is 9.68. The van der Waals surface area contributed by atoms with Crippen molar-refractivity contribution in [3.8, 4) is 5.75 Å². The summed E-state index contributed by atoms with van der Waals surface area (Å²) in [6.07, 6.45) is 4.24. The molecule has 3 fully saturated rings. The van der Waals surface area contributed by atoms with E-state index in [1.54, 1.807) is 6.07 Å². The van der Waals surface area contributed by atoms with E-state index in [1.165, 1.54) is 12.1 Å². The van der Waals surface area contributed by atoms with Crippen LogP contribution < -0.4 is 4.74 Å². The molecule has 0 spiro atoms. The minimum Gasteiger partial charge on any atom is -0.461 e. The molecule has 7 heteroatoms. The summed E-state index contributed by atoms with van der Waals surface area (Å²) in [7, 11) is 0. The van der Waals surface area contributed by atoms with Gasteiger partial charge in [0.2, 0.25) is 0 Å². The molecule has 5 rings (SSSR count). The number of hydrogen-bond acceptors (Lipinski definition) is 4. The molecule has 2 aliphatic carbocycles. The van der Waals surface area contributed by atoms with Crippen LogP contribution in [-0.4, -0.2) is 36.4 Å². The fraction of sp³-hybridized carbons (Fsp3) is 0.567. The van der Waals surface area contributed by atoms with Crippen LogP contribution in [0.2, 0.25) is 0 Å². The molecule has 1 saturated heterocycles. The lowest BCUT2D eigenvalue weighted by Gasteiger charge is -2.45. The van der Waals surface area contributed by atoms with Gasteiger partial charge >= 0.3 is 12.3 Å². The minimum absolute atomic E-state index is 0.0372. The maximum Gasteiger partial charge on any atom is 0.573 e. The Labute approximate surface area is 217 Å². The number of halogens is 3. The number of carbonyl (C=O) groups excluding carboxylic acids is 1. The third kappa shape index (κ3) is 6.14. The number of alkyl halides is 3. The highest BCUT2D eigenvalue weighted by Crippen LogP contribution is 2.46. The second-order valence-electron chi connectivity index (χ2n) is 11.0. The molecule has 0 aromatic heterocycles. The molecule has 2 unspecified atom stereocenters. The van der Waals surface area contributed by atoms with Gasteiger partial charge < -0.3 is 9.47 Å². The van der Waals surface area contributed by atoms with Crippen LogP contribution in [0.15, 0.2) is 54.6 Å². The number of nitrogens with zero attached hydrogens (tertiary/aromatic N) is 1. The standard InChI is InChI=1S/C30H36F3NO3/c31-30(32,33)37-25-12-8-9-22(19-25)21-34-17-13-23-20-27(26(23)14-18-34)36-28(35)29(15-6-1-2-7-16-29)24-10-4-3-5-11-24/h3-5,8-12,19,23,26-27H,1-2,6-7,13-18,20-21H2/t23?,26?,27-/m0/s1. The molecule has 0 N–H and O–H groups in total. The second-order valence-corrected chi connectivity index (χ2v) is 11.0. The average Bonchev–Trinajstić information content (AvgIpc) is 3.20. The van der Waals surface area contributed by atoms with E-state index in [4.69, 9.17) is 4.74 Å². The number of rotatable bonds is 6. The van der Waals surface area contributed by atoms with Crippen molar-refractivity contribution in [2.24, 2.45) is 11.8 Å². The second kappa shape index (κ2) is 11.1. The Morgan fingerprint density at radius 1 is 0.946 bits per heavy atom. The quantitative estimate of drug-likeness (QED) is 0.306. The third-order valence-corrected chi connectivity index (χ3v) is 8.68. The van der Waals surface area contributed by atoms with Gasteiger partial charge in [-0.25, -0.2) is 0 Å². The molecule has 2 aromatic rings. The Morgan fingerprint density at radius 2 is 1.68 bits per heavy atom. The lowest BCUT2D eigenvalue weighted by molar-refractivity contribution is -0.274. The molecule has 0 bridgehead atoms. The van der Waals surface area contributed by atoms with E-state index < -0.39 is 11.8 Å². The van der Waals surface area contributed by atoms with Gasteiger partial charge in [-0.1, -0.05) is 68.1 Å². The van der Waals surface area contributed by atoms with Gasteiger partial charge in [-0.15, -0.1) is 13.2 Å². The number of ether oxygens (including phenoxy) is 2. The van der Waals surface area contributed by atoms with Crippen LogP contribution in [0.5, 0.6) is 5.75 Å². The van der Waals surface area contributed by atoms with Crippen molar-refractivity contribution in [2.45, 2.75) is 82.2 Å². The highest BCUT2D eigenvalue weighted by Gasteiger charge is 2.48. The van der Waals surface area contributed by atoms with Crippen LogP contribution in [0.4, 0.5) is 13.2 Å². The molecule has 200 valence electrons. The molecule has 2 aromatic carbocycles. The minimum atomic E-state index is -4.69. The molecule has 4 nitrogen and oxygen atoms in total. The Morgan fingerprint density at radius 3 is 2.41 bits per heavy atom. The van der Waals surface area contributed by atoms with Crippen molar-refractivity contribution in [2.75, 3.05) is 13.1 Å². The summed E-state index contributed by atoms with van der Waals surface area (Å²) < 4.78 is 48.2. The monoisotopic (exact) mass is 515 g/mol. The Hall–Kier alpha value is -2.54. The maximum atomic E-state index is 13.7. The van der Waals surface area contributed by atoms with E-state index in [0.29, 0.717) is 18.4 Å². The number of hydrogen-bond donors (Lipinski definition) is 0. The van der Waals surface area contributed by atoms with Crippen molar-refractivity contribution in [1.82, 2.24) is 4.90 Å². The fourth-order valence-corrected chi connectivity index (χ4v) is 6.64. The van der Waals surface area contributed by atoms with Gasteiger partial charge in [0, 0.05) is 12.5 Å². The summed E-state index contributed by atoms with van der Waals surface area (Å²) in [6.45, 7) is 2.31. The smallest absolute Gasteiger partial charge is 0.461 e. The summed E-state index contributed by atoms with van der Waals surface area (Å²) >= 11 is 0. The predicted molar refractivity (Wildman–Crippen MR) is 135 cm³/mol. The molecule has 1 heterocycles. The molecular weight excluding hydrogens is 479 g/mol. The van der Waals surface area contributed by atoms with Gasteiger partial charge in [-0.05, 0) is 74.4 Å². The molecule has 37 heavy (non-hydrogen) atoms. The first kappa shape index (κ1) is 26.1. The number of fused-ring (bicyclic) bond motifs is 1. The highest BCUT2D eigenvalue weighted by molar-refractivity contribution is 5.83. The van der Waals surface area contributed by atoms with E-state index in [1.807, 2.05) is 24.3 Å². The largest absolute Gasteiger partial charge is 0.573 e. The Bertz CT molecular complexity index is 1050. The van der Waals surface area contributed by atoms with Gasteiger partial charge in [0.05, 0.1) is 5.41 Å². The third-order valence-electron chi connectivity index (χ3n) is 8.68. The van der Waals surface area contributed by atoms with E-state index in [9.17, 15) is 18.0 Å². The van der Waals surface area contributed by atoms with Crippen molar-refractivity contribution in [1.29, 1.82) is 0 Å². The number of carbonyl (C=O) groups is 1. The first-order chi connectivity index (χ1) is 17.8. The van der Waals surface area contributed by atoms with Crippen LogP contribution in [0.1, 0.15) is 68.9 Å². The first-order valence-corrected chi connectivity index (χ1v) is 13.7. The van der Waals surface area contributed by atoms with Crippen LogP contribution in [0.25, 0.3) is 0 Å². The Balaban J connectivity index is 1.20. The van der Waals surface area contributed by atoms with Gasteiger partial charge in [-0.2, -0.15) is 0 Å². The molecule has 3 aliphatic rings. The topological polar surface area (TPSA) is 38.8 Å². The SMILES string of the molecule is O=C(O[C@H]1CC2CCN(Cc3cccc(OC(F)(F)F)c3)CCC21)C1(c2ccccc2)CCCCCC1. The molecule has 2 saturated carbocycles. The van der Waals surface area contributed by atoms with Crippen molar-refractivity contribution >= 4 is 5.97 Å². The maximum absolute atomic E-state index is 13.7. The van der Waals surface area contributed by atoms with E-state index >= 15 is 0 Å². The van der Waals surface area contributed by atoms with E-state index in [-0.39, 0.29) is 17.8 Å². The molecule has 1 aliphatic heterocycles. The Kier molecular flexibility index (Phi) is 7.80. The zero-order valence-corrected chi connectivity index (χ0v) is 21.2. The first-order valence-electron chi connectivity index (χ1n) is 13.7. The van der Waals surface area contributed by atoms with Gasteiger partial charge in [0.1, 0.15) is 11.9 Å². The van der Waals surface area contributed by atoms with E-state index in [2.05, 4.69) is 21.8 Å². The van der Waals surface area contributed by atoms with Gasteiger partial charge in [0.15, 0.2) is 0 Å². The summed E-state index contributed by atoms with van der Waals surface area (Å²) in [5.74, 6) is 0.654. The van der Waals surface area contributed by atoms with Crippen LogP contribution in [0, 0.1) is 11.8 Å². The average molecular weight is 516 g/mol. The summed E-state index contributed by atoms with van der Waals surface area (Å²) in [5, 5.41) is 0. The zero-order chi connectivity index (χ0) is 25.9. The molecule has 0 amide bonds. The number of benzene rings is 2. The molecule has 0 radical (unpaired) electrons. The molecular formula is C30H36F3NO3. The number of likely N-dealkylation sites (tertiary alicyclic amines) is 1. The summed E-state index contributed by atoms with van der Waals surface area (Å²) in [4.78, 5) is 16.0. The lowest BCUT2D eigenvalue weighted by Crippen LogP contribution is -2.48. The van der Waals surface area contributed by atoms with Crippen LogP contribution in [-0.2, 0) is 21.5 Å². The normalized spacial score (nSPS) is 26.2. The fourth-order valence-electron chi connectivity index (χ4n) is 6.64. The van der Waals surface area contributed by atoms with Gasteiger partial charge in [0.25, 0.3) is 0 Å². The van der Waals surface area contributed by atoms with Crippen LogP contribution >= 0.6 is 0 Å². The van der Waals surface area contributed by atoms with Crippen LogP contribution in [0.3, 0.4) is 0 Å².